The SMILES string of the molecule is CCn1cncc1COc1ccc2c(c1)CCCC2N. The highest BCUT2D eigenvalue weighted by Crippen LogP contribution is 2.30. The molecule has 0 fully saturated rings. The van der Waals surface area contributed by atoms with Crippen LogP contribution in [0.15, 0.2) is 30.7 Å². The summed E-state index contributed by atoms with van der Waals surface area (Å²) in [5, 5.41) is 0. The van der Waals surface area contributed by atoms with E-state index in [0.29, 0.717) is 6.61 Å². The second-order valence-electron chi connectivity index (χ2n) is 5.32. The first-order chi connectivity index (χ1) is 9.78. The van der Waals surface area contributed by atoms with E-state index in [1.165, 1.54) is 17.5 Å². The monoisotopic (exact) mass is 271 g/mol. The molecule has 1 unspecified atom stereocenters. The molecule has 1 heterocycles. The predicted octanol–water partition coefficient (Wildman–Crippen LogP) is 2.82. The largest absolute Gasteiger partial charge is 0.487 e. The fourth-order valence-corrected chi connectivity index (χ4v) is 2.83. The normalized spacial score (nSPS) is 17.8. The fraction of sp³-hybridized carbons (Fsp3) is 0.438. The first kappa shape index (κ1) is 13.2. The average molecular weight is 271 g/mol. The molecule has 106 valence electrons. The highest BCUT2D eigenvalue weighted by Gasteiger charge is 2.17. The Labute approximate surface area is 119 Å². The van der Waals surface area contributed by atoms with E-state index < -0.39 is 0 Å². The topological polar surface area (TPSA) is 53.1 Å². The van der Waals surface area contributed by atoms with Crippen molar-refractivity contribution >= 4 is 0 Å². The number of nitrogens with zero attached hydrogens (tertiary/aromatic N) is 2. The Balaban J connectivity index is 1.72. The van der Waals surface area contributed by atoms with Crippen LogP contribution in [0.1, 0.15) is 42.6 Å². The summed E-state index contributed by atoms with van der Waals surface area (Å²) in [7, 11) is 0. The number of hydrogen-bond acceptors (Lipinski definition) is 3. The molecule has 4 nitrogen and oxygen atoms in total. The van der Waals surface area contributed by atoms with Gasteiger partial charge in [0, 0.05) is 12.6 Å². The Hall–Kier alpha value is -1.81. The predicted molar refractivity (Wildman–Crippen MR) is 78.5 cm³/mol. The zero-order chi connectivity index (χ0) is 13.9. The number of aromatic nitrogens is 2. The lowest BCUT2D eigenvalue weighted by molar-refractivity contribution is 0.294. The van der Waals surface area contributed by atoms with E-state index in [2.05, 4.69) is 28.6 Å². The Bertz CT molecular complexity index is 591. The summed E-state index contributed by atoms with van der Waals surface area (Å²) in [5.74, 6) is 0.918. The third-order valence-electron chi connectivity index (χ3n) is 4.00. The Morgan fingerprint density at radius 1 is 1.45 bits per heavy atom. The van der Waals surface area contributed by atoms with Gasteiger partial charge in [-0.05, 0) is 49.4 Å². The van der Waals surface area contributed by atoms with E-state index >= 15 is 0 Å². The van der Waals surface area contributed by atoms with Crippen molar-refractivity contribution in [3.05, 3.63) is 47.5 Å². The molecular formula is C16H21N3O. The smallest absolute Gasteiger partial charge is 0.130 e. The van der Waals surface area contributed by atoms with Gasteiger partial charge in [-0.1, -0.05) is 6.07 Å². The zero-order valence-electron chi connectivity index (χ0n) is 11.9. The van der Waals surface area contributed by atoms with Crippen molar-refractivity contribution in [1.29, 1.82) is 0 Å². The third-order valence-corrected chi connectivity index (χ3v) is 4.00. The van der Waals surface area contributed by atoms with Crippen LogP contribution >= 0.6 is 0 Å². The summed E-state index contributed by atoms with van der Waals surface area (Å²) in [4.78, 5) is 4.15. The van der Waals surface area contributed by atoms with Crippen LogP contribution in [-0.2, 0) is 19.6 Å². The number of benzene rings is 1. The van der Waals surface area contributed by atoms with E-state index in [1.54, 1.807) is 0 Å². The van der Waals surface area contributed by atoms with Gasteiger partial charge < -0.3 is 15.0 Å². The molecule has 3 rings (SSSR count). The van der Waals surface area contributed by atoms with Gasteiger partial charge >= 0.3 is 0 Å². The van der Waals surface area contributed by atoms with Gasteiger partial charge in [-0.3, -0.25) is 0 Å². The average Bonchev–Trinajstić information content (AvgIpc) is 2.92. The molecule has 1 aromatic carbocycles. The minimum absolute atomic E-state index is 0.189. The zero-order valence-corrected chi connectivity index (χ0v) is 11.9. The van der Waals surface area contributed by atoms with Gasteiger partial charge in [-0.25, -0.2) is 4.98 Å². The number of imidazole rings is 1. The minimum Gasteiger partial charge on any atom is -0.487 e. The molecular weight excluding hydrogens is 250 g/mol. The molecule has 0 spiro atoms. The van der Waals surface area contributed by atoms with E-state index in [-0.39, 0.29) is 6.04 Å². The van der Waals surface area contributed by atoms with Crippen molar-refractivity contribution in [2.75, 3.05) is 0 Å². The highest BCUT2D eigenvalue weighted by atomic mass is 16.5. The van der Waals surface area contributed by atoms with Crippen molar-refractivity contribution in [2.45, 2.75) is 45.4 Å². The summed E-state index contributed by atoms with van der Waals surface area (Å²) < 4.78 is 7.98. The van der Waals surface area contributed by atoms with Crippen LogP contribution in [0.5, 0.6) is 5.75 Å². The van der Waals surface area contributed by atoms with Crippen molar-refractivity contribution in [3.63, 3.8) is 0 Å². The highest BCUT2D eigenvalue weighted by molar-refractivity contribution is 5.38. The summed E-state index contributed by atoms with van der Waals surface area (Å²) in [5.41, 5.74) is 9.85. The molecule has 0 radical (unpaired) electrons. The van der Waals surface area contributed by atoms with Crippen LogP contribution in [0.4, 0.5) is 0 Å². The number of nitrogens with two attached hydrogens (primary N) is 1. The third kappa shape index (κ3) is 2.56. The van der Waals surface area contributed by atoms with Gasteiger partial charge in [0.05, 0.1) is 18.2 Å². The van der Waals surface area contributed by atoms with E-state index in [4.69, 9.17) is 10.5 Å². The molecule has 0 bridgehead atoms. The quantitative estimate of drug-likeness (QED) is 0.930. The van der Waals surface area contributed by atoms with Crippen LogP contribution in [0.3, 0.4) is 0 Å². The van der Waals surface area contributed by atoms with Gasteiger partial charge in [0.15, 0.2) is 0 Å². The molecule has 1 aliphatic carbocycles. The molecule has 0 aliphatic heterocycles. The van der Waals surface area contributed by atoms with Crippen molar-refractivity contribution in [3.8, 4) is 5.75 Å². The molecule has 0 saturated carbocycles. The van der Waals surface area contributed by atoms with Crippen LogP contribution in [-0.4, -0.2) is 9.55 Å². The lowest BCUT2D eigenvalue weighted by atomic mass is 9.88. The maximum absolute atomic E-state index is 6.13. The summed E-state index contributed by atoms with van der Waals surface area (Å²) in [6.45, 7) is 3.57. The maximum Gasteiger partial charge on any atom is 0.130 e. The summed E-state index contributed by atoms with van der Waals surface area (Å²) in [6.07, 6.45) is 7.05. The summed E-state index contributed by atoms with van der Waals surface area (Å²) >= 11 is 0. The number of aryl methyl sites for hydroxylation is 2. The molecule has 0 saturated heterocycles. The van der Waals surface area contributed by atoms with Crippen LogP contribution in [0.25, 0.3) is 0 Å². The molecule has 2 N–H and O–H groups in total. The van der Waals surface area contributed by atoms with Crippen LogP contribution < -0.4 is 10.5 Å². The van der Waals surface area contributed by atoms with Crippen LogP contribution in [0, 0.1) is 0 Å². The first-order valence-corrected chi connectivity index (χ1v) is 7.28. The molecule has 20 heavy (non-hydrogen) atoms. The summed E-state index contributed by atoms with van der Waals surface area (Å²) in [6, 6.07) is 6.47. The molecule has 1 aromatic heterocycles. The van der Waals surface area contributed by atoms with E-state index in [0.717, 1.165) is 30.8 Å². The van der Waals surface area contributed by atoms with Gasteiger partial charge in [-0.2, -0.15) is 0 Å². The lowest BCUT2D eigenvalue weighted by Gasteiger charge is -2.22. The standard InChI is InChI=1S/C16H21N3O/c1-2-19-11-18-9-13(19)10-20-14-6-7-15-12(8-14)4-3-5-16(15)17/h6-9,11,16H,2-5,10,17H2,1H3. The second kappa shape index (κ2) is 5.67. The molecule has 0 amide bonds. The lowest BCUT2D eigenvalue weighted by Crippen LogP contribution is -2.17. The van der Waals surface area contributed by atoms with Gasteiger partial charge in [0.25, 0.3) is 0 Å². The van der Waals surface area contributed by atoms with Crippen molar-refractivity contribution in [1.82, 2.24) is 9.55 Å². The van der Waals surface area contributed by atoms with E-state index in [9.17, 15) is 0 Å². The number of rotatable bonds is 4. The fourth-order valence-electron chi connectivity index (χ4n) is 2.83. The van der Waals surface area contributed by atoms with Crippen LogP contribution in [0.2, 0.25) is 0 Å². The Kier molecular flexibility index (Phi) is 3.74. The minimum atomic E-state index is 0.189. The van der Waals surface area contributed by atoms with Gasteiger partial charge in [0.2, 0.25) is 0 Å². The molecule has 2 aromatic rings. The Morgan fingerprint density at radius 3 is 3.20 bits per heavy atom. The maximum atomic E-state index is 6.13. The number of hydrogen-bond donors (Lipinski definition) is 1. The van der Waals surface area contributed by atoms with Crippen molar-refractivity contribution < 1.29 is 4.74 Å². The second-order valence-corrected chi connectivity index (χ2v) is 5.32. The molecule has 4 heteroatoms. The van der Waals surface area contributed by atoms with Gasteiger partial charge in [-0.15, -0.1) is 0 Å². The Morgan fingerprint density at radius 2 is 2.35 bits per heavy atom. The first-order valence-electron chi connectivity index (χ1n) is 7.28. The number of ether oxygens (including phenoxy) is 1. The van der Waals surface area contributed by atoms with Crippen molar-refractivity contribution in [2.24, 2.45) is 5.73 Å². The molecule has 1 aliphatic rings. The van der Waals surface area contributed by atoms with E-state index in [1.807, 2.05) is 18.6 Å². The molecule has 1 atom stereocenters. The van der Waals surface area contributed by atoms with Gasteiger partial charge in [0.1, 0.15) is 12.4 Å². The number of fused-ring (bicyclic) bond motifs is 1.